The number of alkyl halides is 1. The van der Waals surface area contributed by atoms with Gasteiger partial charge >= 0.3 is 0 Å². The number of hydrogen-bond donors (Lipinski definition) is 1. The zero-order chi connectivity index (χ0) is 19.3. The summed E-state index contributed by atoms with van der Waals surface area (Å²) in [5.74, 6) is 9.32. The van der Waals surface area contributed by atoms with E-state index in [4.69, 9.17) is 0 Å². The topological polar surface area (TPSA) is 12.0 Å². The van der Waals surface area contributed by atoms with Crippen molar-refractivity contribution in [3.8, 4) is 11.8 Å². The predicted molar refractivity (Wildman–Crippen MR) is 123 cm³/mol. The van der Waals surface area contributed by atoms with Crippen LogP contribution in [0.15, 0.2) is 12.7 Å². The third-order valence-corrected chi connectivity index (χ3v) is 6.43. The average Bonchev–Trinajstić information content (AvgIpc) is 2.55. The van der Waals surface area contributed by atoms with E-state index in [2.05, 4.69) is 80.9 Å². The minimum atomic E-state index is 0.347. The lowest BCUT2D eigenvalue weighted by Crippen LogP contribution is -2.37. The Morgan fingerprint density at radius 1 is 1.16 bits per heavy atom. The molecule has 0 rings (SSSR count). The summed E-state index contributed by atoms with van der Waals surface area (Å²) >= 11 is 2.39. The zero-order valence-electron chi connectivity index (χ0n) is 17.6. The Kier molecular flexibility index (Phi) is 14.1. The molecule has 0 heterocycles. The highest BCUT2D eigenvalue weighted by atomic mass is 127. The summed E-state index contributed by atoms with van der Waals surface area (Å²) in [6.07, 6.45) is 9.61. The molecular formula is C23H42IN. The molecule has 4 atom stereocenters. The fourth-order valence-electron chi connectivity index (χ4n) is 4.07. The van der Waals surface area contributed by atoms with E-state index in [-0.39, 0.29) is 0 Å². The number of nitrogens with one attached hydrogen (secondary N) is 1. The molecule has 0 radical (unpaired) electrons. The first kappa shape index (κ1) is 25.0. The monoisotopic (exact) mass is 459 g/mol. The Labute approximate surface area is 172 Å². The third-order valence-electron chi connectivity index (χ3n) is 5.89. The molecule has 0 aromatic rings. The Morgan fingerprint density at radius 3 is 2.36 bits per heavy atom. The van der Waals surface area contributed by atoms with Gasteiger partial charge in [0.15, 0.2) is 0 Å². The smallest absolute Gasteiger partial charge is 0.0480 e. The van der Waals surface area contributed by atoms with Crippen LogP contribution in [0.25, 0.3) is 0 Å². The maximum atomic E-state index is 3.85. The summed E-state index contributed by atoms with van der Waals surface area (Å²) in [5.41, 5.74) is 0.347. The highest BCUT2D eigenvalue weighted by Crippen LogP contribution is 2.45. The van der Waals surface area contributed by atoms with Crippen LogP contribution in [0.2, 0.25) is 0 Å². The molecule has 0 aliphatic carbocycles. The van der Waals surface area contributed by atoms with Gasteiger partial charge < -0.3 is 5.32 Å². The molecule has 0 saturated heterocycles. The SMILES string of the molecule is C=CCCCC[C@@H](C)C(C)(CC(C#CC)CNCI)C(C)CC(C)C. The van der Waals surface area contributed by atoms with Crippen LogP contribution in [0.3, 0.4) is 0 Å². The van der Waals surface area contributed by atoms with Crippen molar-refractivity contribution >= 4 is 22.6 Å². The Morgan fingerprint density at radius 2 is 1.84 bits per heavy atom. The Bertz CT molecular complexity index is 406. The van der Waals surface area contributed by atoms with Gasteiger partial charge in [0.1, 0.15) is 0 Å². The van der Waals surface area contributed by atoms with E-state index < -0.39 is 0 Å². The second-order valence-electron chi connectivity index (χ2n) is 8.39. The lowest BCUT2D eigenvalue weighted by molar-refractivity contribution is 0.0660. The first-order valence-corrected chi connectivity index (χ1v) is 11.6. The van der Waals surface area contributed by atoms with E-state index in [1.165, 1.54) is 32.1 Å². The van der Waals surface area contributed by atoms with Gasteiger partial charge in [-0.1, -0.05) is 82.0 Å². The summed E-state index contributed by atoms with van der Waals surface area (Å²) in [6.45, 7) is 19.0. The first-order chi connectivity index (χ1) is 11.8. The lowest BCUT2D eigenvalue weighted by Gasteiger charge is -2.44. The van der Waals surface area contributed by atoms with E-state index in [1.54, 1.807) is 0 Å². The summed E-state index contributed by atoms with van der Waals surface area (Å²) in [7, 11) is 0. The molecule has 0 aromatic carbocycles. The molecule has 0 aromatic heterocycles. The molecule has 0 spiro atoms. The molecule has 146 valence electrons. The summed E-state index contributed by atoms with van der Waals surface area (Å²) < 4.78 is 0.995. The van der Waals surface area contributed by atoms with E-state index in [0.717, 1.165) is 35.3 Å². The average molecular weight is 460 g/mol. The molecule has 0 saturated carbocycles. The maximum absolute atomic E-state index is 3.85. The van der Waals surface area contributed by atoms with E-state index in [0.29, 0.717) is 11.3 Å². The van der Waals surface area contributed by atoms with Crippen molar-refractivity contribution in [3.05, 3.63) is 12.7 Å². The van der Waals surface area contributed by atoms with Crippen molar-refractivity contribution in [1.29, 1.82) is 0 Å². The second-order valence-corrected chi connectivity index (χ2v) is 9.16. The molecule has 0 bridgehead atoms. The van der Waals surface area contributed by atoms with Crippen molar-refractivity contribution in [2.45, 2.75) is 80.1 Å². The molecular weight excluding hydrogens is 417 g/mol. The van der Waals surface area contributed by atoms with Crippen LogP contribution in [0.1, 0.15) is 80.1 Å². The van der Waals surface area contributed by atoms with Gasteiger partial charge in [0.05, 0.1) is 0 Å². The number of hydrogen-bond acceptors (Lipinski definition) is 1. The van der Waals surface area contributed by atoms with Gasteiger partial charge in [0.25, 0.3) is 0 Å². The van der Waals surface area contributed by atoms with Crippen molar-refractivity contribution in [2.24, 2.45) is 29.1 Å². The number of unbranched alkanes of at least 4 members (excludes halogenated alkanes) is 2. The number of halogens is 1. The van der Waals surface area contributed by atoms with Crippen LogP contribution >= 0.6 is 22.6 Å². The van der Waals surface area contributed by atoms with Crippen LogP contribution in [-0.2, 0) is 0 Å². The summed E-state index contributed by atoms with van der Waals surface area (Å²) in [6, 6.07) is 0. The van der Waals surface area contributed by atoms with Crippen molar-refractivity contribution in [2.75, 3.05) is 11.1 Å². The third kappa shape index (κ3) is 10.0. The fourth-order valence-corrected chi connectivity index (χ4v) is 4.38. The fraction of sp³-hybridized carbons (Fsp3) is 0.826. The standard InChI is InChI=1S/C23H42IN/c1-8-10-11-12-14-20(5)23(7,21(6)15-19(3)4)16-22(13-9-2)17-25-18-24/h8,19-22,25H,1,10-12,14-18H2,2-7H3/t20-,21?,22?,23?/m1/s1. The van der Waals surface area contributed by atoms with Gasteiger partial charge in [-0.2, -0.15) is 0 Å². The van der Waals surface area contributed by atoms with Gasteiger partial charge in [-0.25, -0.2) is 0 Å². The minimum Gasteiger partial charge on any atom is -0.307 e. The van der Waals surface area contributed by atoms with Crippen molar-refractivity contribution in [1.82, 2.24) is 5.32 Å². The zero-order valence-corrected chi connectivity index (χ0v) is 19.8. The molecule has 1 N–H and O–H groups in total. The van der Waals surface area contributed by atoms with Crippen LogP contribution in [0.4, 0.5) is 0 Å². The van der Waals surface area contributed by atoms with Crippen molar-refractivity contribution < 1.29 is 0 Å². The number of rotatable bonds is 14. The molecule has 1 nitrogen and oxygen atoms in total. The maximum Gasteiger partial charge on any atom is 0.0480 e. The second kappa shape index (κ2) is 14.1. The first-order valence-electron chi connectivity index (χ1n) is 10.1. The van der Waals surface area contributed by atoms with Gasteiger partial charge in [0.2, 0.25) is 0 Å². The highest BCUT2D eigenvalue weighted by molar-refractivity contribution is 14.1. The van der Waals surface area contributed by atoms with Gasteiger partial charge in [0, 0.05) is 17.0 Å². The predicted octanol–water partition coefficient (Wildman–Crippen LogP) is 7.07. The molecule has 0 aliphatic heterocycles. The number of allylic oxidation sites excluding steroid dienone is 1. The molecule has 25 heavy (non-hydrogen) atoms. The quantitative estimate of drug-likeness (QED) is 0.0732. The molecule has 2 heteroatoms. The highest BCUT2D eigenvalue weighted by Gasteiger charge is 2.38. The summed E-state index contributed by atoms with van der Waals surface area (Å²) in [4.78, 5) is 0. The molecule has 0 amide bonds. The Hall–Kier alpha value is -0.0100. The van der Waals surface area contributed by atoms with E-state index in [9.17, 15) is 0 Å². The summed E-state index contributed by atoms with van der Waals surface area (Å²) in [5, 5.41) is 3.51. The van der Waals surface area contributed by atoms with E-state index in [1.807, 2.05) is 13.0 Å². The van der Waals surface area contributed by atoms with Gasteiger partial charge in [-0.05, 0) is 55.8 Å². The molecule has 0 fully saturated rings. The van der Waals surface area contributed by atoms with Gasteiger partial charge in [-0.15, -0.1) is 12.5 Å². The molecule has 3 unspecified atom stereocenters. The van der Waals surface area contributed by atoms with E-state index >= 15 is 0 Å². The lowest BCUT2D eigenvalue weighted by atomic mass is 9.61. The largest absolute Gasteiger partial charge is 0.307 e. The van der Waals surface area contributed by atoms with Crippen LogP contribution in [0.5, 0.6) is 0 Å². The van der Waals surface area contributed by atoms with Gasteiger partial charge in [-0.3, -0.25) is 0 Å². The van der Waals surface area contributed by atoms with Crippen LogP contribution in [0, 0.1) is 40.9 Å². The van der Waals surface area contributed by atoms with Crippen LogP contribution in [-0.4, -0.2) is 11.1 Å². The molecule has 0 aliphatic rings. The minimum absolute atomic E-state index is 0.347. The van der Waals surface area contributed by atoms with Crippen LogP contribution < -0.4 is 5.32 Å². The van der Waals surface area contributed by atoms with Crippen molar-refractivity contribution in [3.63, 3.8) is 0 Å². The normalized spacial score (nSPS) is 17.3. The Balaban J connectivity index is 5.18.